The van der Waals surface area contributed by atoms with Crippen LogP contribution in [-0.4, -0.2) is 19.1 Å². The number of hydrogen-bond acceptors (Lipinski definition) is 4. The highest BCUT2D eigenvalue weighted by atomic mass is 79.9. The Balaban J connectivity index is 2.69. The Labute approximate surface area is 114 Å². The van der Waals surface area contributed by atoms with Gasteiger partial charge in [0.1, 0.15) is 12.3 Å². The molecule has 0 spiro atoms. The van der Waals surface area contributed by atoms with E-state index < -0.39 is 0 Å². The van der Waals surface area contributed by atoms with Crippen molar-refractivity contribution in [1.82, 2.24) is 5.32 Å². The summed E-state index contributed by atoms with van der Waals surface area (Å²) in [4.78, 5) is 11.3. The zero-order valence-corrected chi connectivity index (χ0v) is 11.5. The molecule has 1 atom stereocenters. The van der Waals surface area contributed by atoms with Crippen molar-refractivity contribution in [1.29, 1.82) is 5.26 Å². The highest BCUT2D eigenvalue weighted by Gasteiger charge is 2.10. The summed E-state index contributed by atoms with van der Waals surface area (Å²) < 4.78 is 6.25. The van der Waals surface area contributed by atoms with E-state index in [1.165, 1.54) is 0 Å². The van der Waals surface area contributed by atoms with Crippen LogP contribution in [0.25, 0.3) is 0 Å². The lowest BCUT2D eigenvalue weighted by Gasteiger charge is -2.14. The van der Waals surface area contributed by atoms with E-state index in [1.54, 1.807) is 6.07 Å². The Hall–Kier alpha value is -1.58. The molecule has 1 aromatic carbocycles. The molecule has 1 rings (SSSR count). The molecule has 3 N–H and O–H groups in total. The summed E-state index contributed by atoms with van der Waals surface area (Å²) in [6, 6.07) is 7.10. The van der Waals surface area contributed by atoms with Gasteiger partial charge in [-0.15, -0.1) is 0 Å². The van der Waals surface area contributed by atoms with Gasteiger partial charge in [-0.05, 0) is 19.1 Å². The predicted octanol–water partition coefficient (Wildman–Crippen LogP) is 1.49. The van der Waals surface area contributed by atoms with Gasteiger partial charge in [0, 0.05) is 16.1 Å². The van der Waals surface area contributed by atoms with Crippen molar-refractivity contribution in [2.45, 2.75) is 13.0 Å². The Morgan fingerprint density at radius 1 is 1.67 bits per heavy atom. The molecule has 0 aromatic heterocycles. The lowest BCUT2D eigenvalue weighted by Crippen LogP contribution is -2.29. The molecule has 0 aliphatic rings. The van der Waals surface area contributed by atoms with E-state index in [-0.39, 0.29) is 25.1 Å². The highest BCUT2D eigenvalue weighted by Crippen LogP contribution is 2.27. The van der Waals surface area contributed by atoms with Crippen LogP contribution in [-0.2, 0) is 4.79 Å². The van der Waals surface area contributed by atoms with Gasteiger partial charge in [0.15, 0.2) is 6.61 Å². The third-order valence-electron chi connectivity index (χ3n) is 2.19. The molecule has 0 saturated heterocycles. The number of rotatable bonds is 5. The summed E-state index contributed by atoms with van der Waals surface area (Å²) in [6.07, 6.45) is 0. The van der Waals surface area contributed by atoms with Gasteiger partial charge in [-0.2, -0.15) is 5.26 Å². The van der Waals surface area contributed by atoms with Crippen molar-refractivity contribution in [3.8, 4) is 11.8 Å². The van der Waals surface area contributed by atoms with Crippen LogP contribution in [0.4, 0.5) is 0 Å². The smallest absolute Gasteiger partial charge is 0.258 e. The van der Waals surface area contributed by atoms with Crippen LogP contribution < -0.4 is 15.8 Å². The number of ether oxygens (including phenoxy) is 1. The largest absolute Gasteiger partial charge is 0.483 e. The number of carbonyl (C=O) groups is 1. The third-order valence-corrected chi connectivity index (χ3v) is 2.68. The Morgan fingerprint density at radius 2 is 2.39 bits per heavy atom. The maximum absolute atomic E-state index is 11.3. The van der Waals surface area contributed by atoms with Gasteiger partial charge < -0.3 is 15.8 Å². The molecule has 0 aliphatic heterocycles. The molecule has 18 heavy (non-hydrogen) atoms. The van der Waals surface area contributed by atoms with Crippen molar-refractivity contribution in [2.75, 3.05) is 13.2 Å². The summed E-state index contributed by atoms with van der Waals surface area (Å²) >= 11 is 3.33. The van der Waals surface area contributed by atoms with Crippen LogP contribution in [0.15, 0.2) is 22.7 Å². The van der Waals surface area contributed by atoms with Gasteiger partial charge in [0.25, 0.3) is 5.91 Å². The lowest BCUT2D eigenvalue weighted by molar-refractivity contribution is -0.122. The van der Waals surface area contributed by atoms with Gasteiger partial charge in [0.05, 0.1) is 6.07 Å². The van der Waals surface area contributed by atoms with Crippen molar-refractivity contribution < 1.29 is 9.53 Å². The molecule has 0 aliphatic carbocycles. The minimum absolute atomic E-state index is 0.0270. The van der Waals surface area contributed by atoms with E-state index in [2.05, 4.69) is 21.2 Å². The van der Waals surface area contributed by atoms with E-state index in [0.717, 1.165) is 10.0 Å². The molecule has 1 aromatic rings. The van der Waals surface area contributed by atoms with Crippen LogP contribution in [0.2, 0.25) is 0 Å². The molecule has 6 heteroatoms. The van der Waals surface area contributed by atoms with Crippen molar-refractivity contribution in [3.63, 3.8) is 0 Å². The van der Waals surface area contributed by atoms with Crippen molar-refractivity contribution in [3.05, 3.63) is 28.2 Å². The Morgan fingerprint density at radius 3 is 3.00 bits per heavy atom. The molecule has 5 nitrogen and oxygen atoms in total. The van der Waals surface area contributed by atoms with E-state index in [9.17, 15) is 4.79 Å². The van der Waals surface area contributed by atoms with E-state index >= 15 is 0 Å². The second-order valence-corrected chi connectivity index (χ2v) is 4.61. The number of halogens is 1. The fourth-order valence-corrected chi connectivity index (χ4v) is 1.68. The molecule has 0 fully saturated rings. The predicted molar refractivity (Wildman–Crippen MR) is 70.9 cm³/mol. The second-order valence-electron chi connectivity index (χ2n) is 3.69. The SMILES string of the molecule is C[C@@H](N)c1ccc(Br)cc1OCC(=O)NCC#N. The number of carbonyl (C=O) groups excluding carboxylic acids is 1. The van der Waals surface area contributed by atoms with E-state index in [0.29, 0.717) is 5.75 Å². The second kappa shape index (κ2) is 6.99. The van der Waals surface area contributed by atoms with Gasteiger partial charge in [0.2, 0.25) is 0 Å². The third kappa shape index (κ3) is 4.35. The topological polar surface area (TPSA) is 88.1 Å². The normalized spacial score (nSPS) is 11.4. The average molecular weight is 312 g/mol. The Kier molecular flexibility index (Phi) is 5.62. The van der Waals surface area contributed by atoms with Crippen LogP contribution >= 0.6 is 15.9 Å². The number of nitrogens with two attached hydrogens (primary N) is 1. The van der Waals surface area contributed by atoms with Gasteiger partial charge in [-0.25, -0.2) is 0 Å². The first-order valence-electron chi connectivity index (χ1n) is 5.36. The minimum atomic E-state index is -0.341. The molecular formula is C12H14BrN3O2. The summed E-state index contributed by atoms with van der Waals surface area (Å²) in [7, 11) is 0. The molecular weight excluding hydrogens is 298 g/mol. The van der Waals surface area contributed by atoms with Crippen LogP contribution in [0.5, 0.6) is 5.75 Å². The molecule has 96 valence electrons. The molecule has 0 unspecified atom stereocenters. The summed E-state index contributed by atoms with van der Waals surface area (Å²) in [5.41, 5.74) is 6.64. The molecule has 0 radical (unpaired) electrons. The van der Waals surface area contributed by atoms with Crippen molar-refractivity contribution >= 4 is 21.8 Å². The van der Waals surface area contributed by atoms with Crippen LogP contribution in [0.3, 0.4) is 0 Å². The van der Waals surface area contributed by atoms with Gasteiger partial charge in [-0.3, -0.25) is 4.79 Å². The zero-order valence-electron chi connectivity index (χ0n) is 9.94. The number of hydrogen-bond donors (Lipinski definition) is 2. The highest BCUT2D eigenvalue weighted by molar-refractivity contribution is 9.10. The zero-order chi connectivity index (χ0) is 13.5. The molecule has 0 bridgehead atoms. The van der Waals surface area contributed by atoms with Gasteiger partial charge in [-0.1, -0.05) is 22.0 Å². The molecule has 0 heterocycles. The van der Waals surface area contributed by atoms with Crippen LogP contribution in [0, 0.1) is 11.3 Å². The number of benzene rings is 1. The summed E-state index contributed by atoms with van der Waals surface area (Å²) in [5, 5.41) is 10.7. The molecule has 0 saturated carbocycles. The fraction of sp³-hybridized carbons (Fsp3) is 0.333. The first-order chi connectivity index (χ1) is 8.54. The average Bonchev–Trinajstić information content (AvgIpc) is 2.33. The van der Waals surface area contributed by atoms with E-state index in [1.807, 2.05) is 25.1 Å². The maximum atomic E-state index is 11.3. The van der Waals surface area contributed by atoms with Crippen LogP contribution in [0.1, 0.15) is 18.5 Å². The standard InChI is InChI=1S/C12H14BrN3O2/c1-8(15)10-3-2-9(13)6-11(10)18-7-12(17)16-5-4-14/h2-3,6,8H,5,7,15H2,1H3,(H,16,17)/t8-/m1/s1. The lowest BCUT2D eigenvalue weighted by atomic mass is 10.1. The fourth-order valence-electron chi connectivity index (χ4n) is 1.34. The van der Waals surface area contributed by atoms with Gasteiger partial charge >= 0.3 is 0 Å². The number of nitrogens with zero attached hydrogens (tertiary/aromatic N) is 1. The number of amides is 1. The molecule has 1 amide bonds. The Bertz CT molecular complexity index is 469. The first-order valence-corrected chi connectivity index (χ1v) is 6.15. The summed E-state index contributed by atoms with van der Waals surface area (Å²) in [5.74, 6) is 0.221. The number of nitriles is 1. The maximum Gasteiger partial charge on any atom is 0.258 e. The summed E-state index contributed by atoms with van der Waals surface area (Å²) in [6.45, 7) is 1.67. The number of nitrogens with one attached hydrogen (secondary N) is 1. The quantitative estimate of drug-likeness (QED) is 0.806. The van der Waals surface area contributed by atoms with Crippen molar-refractivity contribution in [2.24, 2.45) is 5.73 Å². The first kappa shape index (κ1) is 14.5. The minimum Gasteiger partial charge on any atom is -0.483 e. The monoisotopic (exact) mass is 311 g/mol. The van der Waals surface area contributed by atoms with E-state index in [4.69, 9.17) is 15.7 Å².